The second-order valence-corrected chi connectivity index (χ2v) is 6.90. The van der Waals surface area contributed by atoms with Crippen LogP contribution >= 0.6 is 0 Å². The van der Waals surface area contributed by atoms with Gasteiger partial charge in [0.25, 0.3) is 5.91 Å². The molecule has 0 aliphatic carbocycles. The minimum absolute atomic E-state index is 0.0432. The molecule has 162 valence electrons. The van der Waals surface area contributed by atoms with Crippen LogP contribution in [0.2, 0.25) is 0 Å². The van der Waals surface area contributed by atoms with E-state index >= 15 is 0 Å². The number of halogens is 3. The van der Waals surface area contributed by atoms with Gasteiger partial charge >= 0.3 is 0 Å². The molecule has 31 heavy (non-hydrogen) atoms. The van der Waals surface area contributed by atoms with E-state index in [1.807, 2.05) is 0 Å². The molecule has 1 atom stereocenters. The van der Waals surface area contributed by atoms with Crippen LogP contribution in [0.15, 0.2) is 54.9 Å². The summed E-state index contributed by atoms with van der Waals surface area (Å²) >= 11 is 0. The Bertz CT molecular complexity index is 1080. The lowest BCUT2D eigenvalue weighted by Gasteiger charge is -2.19. The zero-order valence-corrected chi connectivity index (χ0v) is 16.7. The summed E-state index contributed by atoms with van der Waals surface area (Å²) in [6.07, 6.45) is 3.56. The third-order valence-corrected chi connectivity index (χ3v) is 4.68. The van der Waals surface area contributed by atoms with Gasteiger partial charge in [0.15, 0.2) is 0 Å². The summed E-state index contributed by atoms with van der Waals surface area (Å²) in [7, 11) is 1.74. The number of nitrogens with one attached hydrogen (secondary N) is 2. The molecular weight excluding hydrogens is 409 g/mol. The molecule has 0 saturated carbocycles. The van der Waals surface area contributed by atoms with Gasteiger partial charge in [-0.3, -0.25) is 9.59 Å². The number of hydrogen-bond acceptors (Lipinski definition) is 3. The summed E-state index contributed by atoms with van der Waals surface area (Å²) in [6.45, 7) is 0.107. The van der Waals surface area contributed by atoms with E-state index in [9.17, 15) is 22.8 Å². The molecular formula is C22H21F3N4O2. The Balaban J connectivity index is 1.57. The van der Waals surface area contributed by atoms with Gasteiger partial charge in [-0.1, -0.05) is 18.2 Å². The SMILES string of the molecule is Cn1ccnc1C(NC(=O)CCCNC(=O)c1ccc(F)cc1F)c1ccccc1F. The number of rotatable bonds is 8. The maximum absolute atomic E-state index is 14.3. The van der Waals surface area contributed by atoms with E-state index < -0.39 is 29.4 Å². The van der Waals surface area contributed by atoms with Gasteiger partial charge in [-0.25, -0.2) is 18.2 Å². The van der Waals surface area contributed by atoms with Gasteiger partial charge in [-0.15, -0.1) is 0 Å². The molecule has 6 nitrogen and oxygen atoms in total. The third kappa shape index (κ3) is 5.50. The van der Waals surface area contributed by atoms with E-state index in [1.165, 1.54) is 6.07 Å². The number of amides is 2. The van der Waals surface area contributed by atoms with Crippen molar-refractivity contribution in [1.29, 1.82) is 0 Å². The van der Waals surface area contributed by atoms with E-state index in [-0.39, 0.29) is 36.4 Å². The first-order valence-corrected chi connectivity index (χ1v) is 9.61. The minimum atomic E-state index is -0.960. The van der Waals surface area contributed by atoms with E-state index in [2.05, 4.69) is 15.6 Å². The Morgan fingerprint density at radius 1 is 1.10 bits per heavy atom. The monoisotopic (exact) mass is 430 g/mol. The number of nitrogens with zero attached hydrogens (tertiary/aromatic N) is 2. The average molecular weight is 430 g/mol. The molecule has 9 heteroatoms. The topological polar surface area (TPSA) is 76.0 Å². The van der Waals surface area contributed by atoms with Crippen molar-refractivity contribution in [2.24, 2.45) is 7.05 Å². The van der Waals surface area contributed by atoms with Crippen LogP contribution in [-0.4, -0.2) is 27.9 Å². The Morgan fingerprint density at radius 3 is 2.55 bits per heavy atom. The molecule has 1 unspecified atom stereocenters. The fraction of sp³-hybridized carbons (Fsp3) is 0.227. The Labute approximate surface area is 177 Å². The summed E-state index contributed by atoms with van der Waals surface area (Å²) in [5.41, 5.74) is 0.00508. The predicted molar refractivity (Wildman–Crippen MR) is 108 cm³/mol. The highest BCUT2D eigenvalue weighted by molar-refractivity contribution is 5.94. The first-order valence-electron chi connectivity index (χ1n) is 9.61. The van der Waals surface area contributed by atoms with Gasteiger partial charge < -0.3 is 15.2 Å². The van der Waals surface area contributed by atoms with Crippen LogP contribution in [-0.2, 0) is 11.8 Å². The summed E-state index contributed by atoms with van der Waals surface area (Å²) in [4.78, 5) is 28.7. The number of hydrogen-bond donors (Lipinski definition) is 2. The lowest BCUT2D eigenvalue weighted by atomic mass is 10.0. The van der Waals surface area contributed by atoms with Gasteiger partial charge in [0.2, 0.25) is 5.91 Å². The van der Waals surface area contributed by atoms with Crippen LogP contribution in [0.1, 0.15) is 40.6 Å². The smallest absolute Gasteiger partial charge is 0.254 e. The zero-order chi connectivity index (χ0) is 22.4. The first-order chi connectivity index (χ1) is 14.9. The molecule has 0 spiro atoms. The second-order valence-electron chi connectivity index (χ2n) is 6.90. The molecule has 1 aromatic heterocycles. The van der Waals surface area contributed by atoms with Gasteiger partial charge in [0.05, 0.1) is 5.56 Å². The summed E-state index contributed by atoms with van der Waals surface area (Å²) in [5.74, 6) is -2.79. The van der Waals surface area contributed by atoms with Gasteiger partial charge in [0.1, 0.15) is 29.3 Å². The molecule has 2 amide bonds. The maximum Gasteiger partial charge on any atom is 0.254 e. The van der Waals surface area contributed by atoms with Crippen molar-refractivity contribution in [1.82, 2.24) is 20.2 Å². The number of benzene rings is 2. The Hall–Kier alpha value is -3.62. The van der Waals surface area contributed by atoms with Gasteiger partial charge in [-0.05, 0) is 24.6 Å². The molecule has 3 rings (SSSR count). The highest BCUT2D eigenvalue weighted by atomic mass is 19.1. The number of carbonyl (C=O) groups excluding carboxylic acids is 2. The fourth-order valence-corrected chi connectivity index (χ4v) is 3.10. The van der Waals surface area contributed by atoms with Crippen LogP contribution in [0.3, 0.4) is 0 Å². The molecule has 0 aliphatic heterocycles. The number of aromatic nitrogens is 2. The molecule has 0 bridgehead atoms. The van der Waals surface area contributed by atoms with Crippen molar-refractivity contribution in [3.8, 4) is 0 Å². The lowest BCUT2D eigenvalue weighted by Crippen LogP contribution is -2.32. The summed E-state index contributed by atoms with van der Waals surface area (Å²) in [5, 5.41) is 5.26. The number of carbonyl (C=O) groups is 2. The van der Waals surface area contributed by atoms with Crippen LogP contribution in [0.4, 0.5) is 13.2 Å². The largest absolute Gasteiger partial charge is 0.352 e. The number of aryl methyl sites for hydroxylation is 1. The molecule has 0 saturated heterocycles. The highest BCUT2D eigenvalue weighted by Gasteiger charge is 2.23. The predicted octanol–water partition coefficient (Wildman–Crippen LogP) is 3.25. The first kappa shape index (κ1) is 22.1. The Morgan fingerprint density at radius 2 is 1.87 bits per heavy atom. The van der Waals surface area contributed by atoms with Crippen LogP contribution < -0.4 is 10.6 Å². The average Bonchev–Trinajstić information content (AvgIpc) is 3.15. The van der Waals surface area contributed by atoms with E-state index in [1.54, 1.807) is 42.2 Å². The summed E-state index contributed by atoms with van der Waals surface area (Å²) in [6, 6.07) is 8.01. The van der Waals surface area contributed by atoms with E-state index in [0.717, 1.165) is 12.1 Å². The molecule has 0 aliphatic rings. The maximum atomic E-state index is 14.3. The summed E-state index contributed by atoms with van der Waals surface area (Å²) < 4.78 is 42.6. The van der Waals surface area contributed by atoms with Crippen molar-refractivity contribution >= 4 is 11.8 Å². The standard InChI is InChI=1S/C22H21F3N4O2/c1-29-12-11-26-21(29)20(15-5-2-3-6-17(15)24)28-19(30)7-4-10-27-22(31)16-9-8-14(23)13-18(16)25/h2-3,5-6,8-9,11-13,20H,4,7,10H2,1H3,(H,27,31)(H,28,30). The normalized spacial score (nSPS) is 11.7. The van der Waals surface area contributed by atoms with E-state index in [0.29, 0.717) is 11.9 Å². The van der Waals surface area contributed by atoms with Crippen LogP contribution in [0.5, 0.6) is 0 Å². The molecule has 0 radical (unpaired) electrons. The Kier molecular flexibility index (Phi) is 7.07. The molecule has 2 aromatic carbocycles. The second kappa shape index (κ2) is 9.92. The lowest BCUT2D eigenvalue weighted by molar-refractivity contribution is -0.121. The van der Waals surface area contributed by atoms with Crippen molar-refractivity contribution in [2.75, 3.05) is 6.54 Å². The van der Waals surface area contributed by atoms with Crippen molar-refractivity contribution in [3.05, 3.63) is 89.3 Å². The van der Waals surface area contributed by atoms with Crippen LogP contribution in [0.25, 0.3) is 0 Å². The zero-order valence-electron chi connectivity index (χ0n) is 16.7. The van der Waals surface area contributed by atoms with Crippen molar-refractivity contribution in [3.63, 3.8) is 0 Å². The van der Waals surface area contributed by atoms with Crippen molar-refractivity contribution < 1.29 is 22.8 Å². The third-order valence-electron chi connectivity index (χ3n) is 4.68. The fourth-order valence-electron chi connectivity index (χ4n) is 3.10. The van der Waals surface area contributed by atoms with Crippen LogP contribution in [0, 0.1) is 17.5 Å². The quantitative estimate of drug-likeness (QED) is 0.539. The van der Waals surface area contributed by atoms with Gasteiger partial charge in [0, 0.05) is 44.0 Å². The minimum Gasteiger partial charge on any atom is -0.352 e. The highest BCUT2D eigenvalue weighted by Crippen LogP contribution is 2.23. The molecule has 1 heterocycles. The van der Waals surface area contributed by atoms with Gasteiger partial charge in [-0.2, -0.15) is 0 Å². The molecule has 0 fully saturated rings. The van der Waals surface area contributed by atoms with E-state index in [4.69, 9.17) is 0 Å². The molecule has 2 N–H and O–H groups in total. The number of imidazole rings is 1. The van der Waals surface area contributed by atoms with Crippen molar-refractivity contribution in [2.45, 2.75) is 18.9 Å². The molecule has 3 aromatic rings.